The molecule has 1 aliphatic heterocycles. The van der Waals surface area contributed by atoms with Crippen LogP contribution in [0.2, 0.25) is 0 Å². The SMILES string of the molecule is CCCCn1c(SC(C)C(=O)N2c3ccccc3NC(=O)C2(C)C)nc2ccccc2c1=O. The number of nitrogens with one attached hydrogen (secondary N) is 1. The number of thioether (sulfide) groups is 1. The average molecular weight is 465 g/mol. The highest BCUT2D eigenvalue weighted by molar-refractivity contribution is 8.00. The van der Waals surface area contributed by atoms with E-state index >= 15 is 0 Å². The summed E-state index contributed by atoms with van der Waals surface area (Å²) in [5, 5.41) is 3.40. The summed E-state index contributed by atoms with van der Waals surface area (Å²) in [6, 6.07) is 14.6. The number of rotatable bonds is 6. The zero-order chi connectivity index (χ0) is 23.8. The van der Waals surface area contributed by atoms with Gasteiger partial charge in [0.2, 0.25) is 11.8 Å². The van der Waals surface area contributed by atoms with Gasteiger partial charge in [0, 0.05) is 6.54 Å². The third-order valence-corrected chi connectivity index (χ3v) is 7.00. The Balaban J connectivity index is 1.72. The second kappa shape index (κ2) is 9.02. The van der Waals surface area contributed by atoms with E-state index in [1.165, 1.54) is 11.8 Å². The van der Waals surface area contributed by atoms with Crippen molar-refractivity contribution < 1.29 is 9.59 Å². The lowest BCUT2D eigenvalue weighted by Crippen LogP contribution is -2.60. The van der Waals surface area contributed by atoms with Crippen LogP contribution in [0.1, 0.15) is 40.5 Å². The van der Waals surface area contributed by atoms with E-state index in [1.54, 1.807) is 42.4 Å². The number of amides is 2. The van der Waals surface area contributed by atoms with Crippen LogP contribution in [-0.4, -0.2) is 32.2 Å². The van der Waals surface area contributed by atoms with Gasteiger partial charge in [-0.25, -0.2) is 4.98 Å². The largest absolute Gasteiger partial charge is 0.322 e. The summed E-state index contributed by atoms with van der Waals surface area (Å²) in [5.74, 6) is -0.452. The fourth-order valence-corrected chi connectivity index (χ4v) is 4.96. The third kappa shape index (κ3) is 4.15. The predicted molar refractivity (Wildman–Crippen MR) is 133 cm³/mol. The number of hydrogen-bond donors (Lipinski definition) is 1. The molecular formula is C25H28N4O3S. The van der Waals surface area contributed by atoms with E-state index in [9.17, 15) is 14.4 Å². The average Bonchev–Trinajstić information content (AvgIpc) is 2.79. The van der Waals surface area contributed by atoms with Crippen molar-refractivity contribution in [3.63, 3.8) is 0 Å². The lowest BCUT2D eigenvalue weighted by molar-refractivity contribution is -0.126. The van der Waals surface area contributed by atoms with Gasteiger partial charge < -0.3 is 5.32 Å². The van der Waals surface area contributed by atoms with Crippen molar-refractivity contribution >= 4 is 45.9 Å². The van der Waals surface area contributed by atoms with Gasteiger partial charge in [-0.05, 0) is 51.5 Å². The molecule has 2 heterocycles. The van der Waals surface area contributed by atoms with Gasteiger partial charge >= 0.3 is 0 Å². The van der Waals surface area contributed by atoms with E-state index in [0.29, 0.717) is 34.0 Å². The summed E-state index contributed by atoms with van der Waals surface area (Å²) in [4.78, 5) is 45.9. The Kier molecular flexibility index (Phi) is 6.30. The van der Waals surface area contributed by atoms with Crippen LogP contribution in [0.15, 0.2) is 58.5 Å². The number of aromatic nitrogens is 2. The Bertz CT molecular complexity index is 1280. The van der Waals surface area contributed by atoms with Gasteiger partial charge in [0.25, 0.3) is 5.56 Å². The topological polar surface area (TPSA) is 84.3 Å². The van der Waals surface area contributed by atoms with Crippen LogP contribution in [0.4, 0.5) is 11.4 Å². The van der Waals surface area contributed by atoms with Gasteiger partial charge in [0.05, 0.1) is 27.5 Å². The summed E-state index contributed by atoms with van der Waals surface area (Å²) in [6.07, 6.45) is 1.77. The lowest BCUT2D eigenvalue weighted by atomic mass is 9.96. The summed E-state index contributed by atoms with van der Waals surface area (Å²) >= 11 is 1.26. The van der Waals surface area contributed by atoms with E-state index in [4.69, 9.17) is 4.98 Å². The van der Waals surface area contributed by atoms with Crippen molar-refractivity contribution in [2.24, 2.45) is 0 Å². The number of para-hydroxylation sites is 3. The van der Waals surface area contributed by atoms with Crippen molar-refractivity contribution in [3.05, 3.63) is 58.9 Å². The molecule has 1 aliphatic rings. The number of anilines is 2. The van der Waals surface area contributed by atoms with Gasteiger partial charge in [-0.3, -0.25) is 23.9 Å². The standard InChI is InChI=1S/C25H28N4O3S/c1-5-6-15-28-22(31)17-11-7-8-12-18(17)27-24(28)33-16(2)21(30)29-20-14-10-9-13-19(20)26-23(32)25(29,3)4/h7-14,16H,5-6,15H2,1-4H3,(H,26,32). The highest BCUT2D eigenvalue weighted by Gasteiger charge is 2.45. The highest BCUT2D eigenvalue weighted by Crippen LogP contribution is 2.38. The molecule has 1 atom stereocenters. The van der Waals surface area contributed by atoms with Crippen molar-refractivity contribution in [2.75, 3.05) is 10.2 Å². The van der Waals surface area contributed by atoms with Gasteiger partial charge in [-0.2, -0.15) is 0 Å². The second-order valence-corrected chi connectivity index (χ2v) is 9.99. The third-order valence-electron chi connectivity index (χ3n) is 5.92. The molecule has 0 spiro atoms. The lowest BCUT2D eigenvalue weighted by Gasteiger charge is -2.43. The summed E-state index contributed by atoms with van der Waals surface area (Å²) < 4.78 is 1.67. The number of nitrogens with zero attached hydrogens (tertiary/aromatic N) is 3. The first kappa shape index (κ1) is 23.0. The summed E-state index contributed by atoms with van der Waals surface area (Å²) in [5.41, 5.74) is 0.726. The van der Waals surface area contributed by atoms with Gasteiger partial charge in [-0.1, -0.05) is 49.4 Å². The van der Waals surface area contributed by atoms with Crippen LogP contribution < -0.4 is 15.8 Å². The second-order valence-electron chi connectivity index (χ2n) is 8.69. The van der Waals surface area contributed by atoms with Crippen LogP contribution in [-0.2, 0) is 16.1 Å². The molecule has 0 fully saturated rings. The molecule has 0 bridgehead atoms. The van der Waals surface area contributed by atoms with Crippen LogP contribution in [0.3, 0.4) is 0 Å². The van der Waals surface area contributed by atoms with Crippen LogP contribution in [0.5, 0.6) is 0 Å². The Morgan fingerprint density at radius 2 is 1.82 bits per heavy atom. The summed E-state index contributed by atoms with van der Waals surface area (Å²) in [6.45, 7) is 7.87. The molecular weight excluding hydrogens is 436 g/mol. The molecule has 0 saturated heterocycles. The Morgan fingerprint density at radius 3 is 2.58 bits per heavy atom. The quantitative estimate of drug-likeness (QED) is 0.431. The van der Waals surface area contributed by atoms with Gasteiger partial charge in [0.15, 0.2) is 5.16 Å². The van der Waals surface area contributed by atoms with E-state index in [0.717, 1.165) is 12.8 Å². The monoisotopic (exact) mass is 464 g/mol. The number of carbonyl (C=O) groups excluding carboxylic acids is 2. The molecule has 2 amide bonds. The first-order valence-corrected chi connectivity index (χ1v) is 12.0. The fourth-order valence-electron chi connectivity index (χ4n) is 3.99. The maximum atomic E-state index is 13.7. The first-order valence-electron chi connectivity index (χ1n) is 11.2. The Hall–Kier alpha value is -3.13. The van der Waals surface area contributed by atoms with Crippen molar-refractivity contribution in [1.29, 1.82) is 0 Å². The van der Waals surface area contributed by atoms with E-state index < -0.39 is 10.8 Å². The number of hydrogen-bond acceptors (Lipinski definition) is 5. The van der Waals surface area contributed by atoms with Crippen LogP contribution in [0.25, 0.3) is 10.9 Å². The molecule has 1 N–H and O–H groups in total. The van der Waals surface area contributed by atoms with Crippen LogP contribution in [0, 0.1) is 0 Å². The molecule has 1 aromatic heterocycles. The summed E-state index contributed by atoms with van der Waals surface area (Å²) in [7, 11) is 0. The van der Waals surface area contributed by atoms with Crippen molar-refractivity contribution in [2.45, 2.75) is 63.0 Å². The number of carbonyl (C=O) groups is 2. The number of benzene rings is 2. The minimum absolute atomic E-state index is 0.0979. The molecule has 2 aromatic carbocycles. The maximum absolute atomic E-state index is 13.7. The first-order chi connectivity index (χ1) is 15.8. The smallest absolute Gasteiger partial charge is 0.262 e. The normalized spacial score (nSPS) is 15.8. The minimum Gasteiger partial charge on any atom is -0.322 e. The highest BCUT2D eigenvalue weighted by atomic mass is 32.2. The molecule has 4 rings (SSSR count). The molecule has 1 unspecified atom stereocenters. The maximum Gasteiger partial charge on any atom is 0.262 e. The van der Waals surface area contributed by atoms with Crippen LogP contribution >= 0.6 is 11.8 Å². The molecule has 7 nitrogen and oxygen atoms in total. The molecule has 0 saturated carbocycles. The number of unbranched alkanes of at least 4 members (excludes halogenated alkanes) is 1. The van der Waals surface area contributed by atoms with Gasteiger partial charge in [-0.15, -0.1) is 0 Å². The molecule has 8 heteroatoms. The Labute approximate surface area is 197 Å². The zero-order valence-electron chi connectivity index (χ0n) is 19.3. The minimum atomic E-state index is -1.06. The fraction of sp³-hybridized carbons (Fsp3) is 0.360. The molecule has 0 aliphatic carbocycles. The Morgan fingerprint density at radius 1 is 1.12 bits per heavy atom. The van der Waals surface area contributed by atoms with E-state index in [1.807, 2.05) is 36.4 Å². The number of fused-ring (bicyclic) bond motifs is 2. The molecule has 172 valence electrons. The predicted octanol–water partition coefficient (Wildman–Crippen LogP) is 4.44. The van der Waals surface area contributed by atoms with E-state index in [-0.39, 0.29) is 17.4 Å². The molecule has 33 heavy (non-hydrogen) atoms. The van der Waals surface area contributed by atoms with Gasteiger partial charge in [0.1, 0.15) is 5.54 Å². The van der Waals surface area contributed by atoms with Crippen molar-refractivity contribution in [1.82, 2.24) is 9.55 Å². The molecule has 3 aromatic rings. The van der Waals surface area contributed by atoms with Crippen molar-refractivity contribution in [3.8, 4) is 0 Å². The van der Waals surface area contributed by atoms with E-state index in [2.05, 4.69) is 12.2 Å². The zero-order valence-corrected chi connectivity index (χ0v) is 20.1. The molecule has 0 radical (unpaired) electrons.